The molecule has 0 radical (unpaired) electrons. The van der Waals surface area contributed by atoms with Crippen LogP contribution in [-0.2, 0) is 0 Å². The Kier molecular flexibility index (Phi) is 2.87. The van der Waals surface area contributed by atoms with Crippen LogP contribution in [0.2, 0.25) is 0 Å². The fourth-order valence-corrected chi connectivity index (χ4v) is 1.47. The Hall–Kier alpha value is -1.55. The van der Waals surface area contributed by atoms with Gasteiger partial charge < -0.3 is 10.5 Å². The van der Waals surface area contributed by atoms with Crippen LogP contribution in [0.1, 0.15) is 0 Å². The summed E-state index contributed by atoms with van der Waals surface area (Å²) in [6.45, 7) is 0. The summed E-state index contributed by atoms with van der Waals surface area (Å²) < 4.78 is 6.30. The van der Waals surface area contributed by atoms with Crippen molar-refractivity contribution < 1.29 is 4.74 Å². The second-order valence-electron chi connectivity index (χ2n) is 2.93. The Morgan fingerprint density at radius 2 is 2.00 bits per heavy atom. The number of ether oxygens (including phenoxy) is 1. The maximum atomic E-state index is 5.73. The summed E-state index contributed by atoms with van der Waals surface area (Å²) in [5.41, 5.74) is 6.37. The molecule has 0 spiro atoms. The lowest BCUT2D eigenvalue weighted by Gasteiger charge is -2.07. The highest BCUT2D eigenvalue weighted by Crippen LogP contribution is 2.32. The topological polar surface area (TPSA) is 48.1 Å². The van der Waals surface area contributed by atoms with Crippen molar-refractivity contribution in [3.8, 4) is 11.6 Å². The zero-order chi connectivity index (χ0) is 10.7. The molecule has 0 aliphatic heterocycles. The van der Waals surface area contributed by atoms with E-state index in [-0.39, 0.29) is 0 Å². The molecule has 0 fully saturated rings. The zero-order valence-corrected chi connectivity index (χ0v) is 9.44. The molecule has 1 aromatic carbocycles. The minimum absolute atomic E-state index is 0.545. The van der Waals surface area contributed by atoms with Gasteiger partial charge in [0.05, 0.1) is 4.47 Å². The number of nitrogen functional groups attached to an aromatic ring is 1. The van der Waals surface area contributed by atoms with Gasteiger partial charge in [0.15, 0.2) is 0 Å². The molecule has 4 heteroatoms. The molecule has 0 bridgehead atoms. The van der Waals surface area contributed by atoms with Crippen molar-refractivity contribution in [3.63, 3.8) is 0 Å². The van der Waals surface area contributed by atoms with E-state index >= 15 is 0 Å². The van der Waals surface area contributed by atoms with Gasteiger partial charge in [0.2, 0.25) is 5.88 Å². The van der Waals surface area contributed by atoms with Crippen LogP contribution in [0.15, 0.2) is 47.1 Å². The Balaban J connectivity index is 2.29. The van der Waals surface area contributed by atoms with Gasteiger partial charge in [-0.1, -0.05) is 12.1 Å². The van der Waals surface area contributed by atoms with Gasteiger partial charge >= 0.3 is 0 Å². The number of pyridine rings is 1. The summed E-state index contributed by atoms with van der Waals surface area (Å²) in [5, 5.41) is 0. The predicted molar refractivity (Wildman–Crippen MR) is 62.9 cm³/mol. The minimum atomic E-state index is 0.545. The summed E-state index contributed by atoms with van der Waals surface area (Å²) in [6.07, 6.45) is 1.68. The molecular weight excluding hydrogens is 256 g/mol. The standard InChI is InChI=1S/C11H9BrN2O/c12-11-8(13)4-3-5-9(11)15-10-6-1-2-7-14-10/h1-7H,13H2. The van der Waals surface area contributed by atoms with Crippen molar-refractivity contribution in [1.82, 2.24) is 4.98 Å². The molecule has 2 N–H and O–H groups in total. The van der Waals surface area contributed by atoms with Crippen LogP contribution < -0.4 is 10.5 Å². The average Bonchev–Trinajstić information content (AvgIpc) is 2.26. The normalized spacial score (nSPS) is 9.93. The van der Waals surface area contributed by atoms with Crippen LogP contribution in [0.4, 0.5) is 5.69 Å². The van der Waals surface area contributed by atoms with E-state index in [0.29, 0.717) is 17.3 Å². The van der Waals surface area contributed by atoms with Crippen molar-refractivity contribution in [3.05, 3.63) is 47.1 Å². The van der Waals surface area contributed by atoms with Crippen LogP contribution in [-0.4, -0.2) is 4.98 Å². The molecule has 0 unspecified atom stereocenters. The summed E-state index contributed by atoms with van der Waals surface area (Å²) in [6, 6.07) is 10.9. The summed E-state index contributed by atoms with van der Waals surface area (Å²) >= 11 is 3.36. The number of benzene rings is 1. The van der Waals surface area contributed by atoms with Gasteiger partial charge in [-0.3, -0.25) is 0 Å². The van der Waals surface area contributed by atoms with E-state index in [4.69, 9.17) is 10.5 Å². The third-order valence-corrected chi connectivity index (χ3v) is 2.69. The lowest BCUT2D eigenvalue weighted by molar-refractivity contribution is 0.460. The smallest absolute Gasteiger partial charge is 0.219 e. The SMILES string of the molecule is Nc1cccc(Oc2ccccn2)c1Br. The van der Waals surface area contributed by atoms with E-state index in [1.165, 1.54) is 0 Å². The first-order valence-corrected chi connectivity index (χ1v) is 5.19. The number of rotatable bonds is 2. The molecule has 15 heavy (non-hydrogen) atoms. The van der Waals surface area contributed by atoms with Crippen LogP contribution in [0, 0.1) is 0 Å². The van der Waals surface area contributed by atoms with Crippen LogP contribution >= 0.6 is 15.9 Å². The molecular formula is C11H9BrN2O. The Bertz CT molecular complexity index is 459. The van der Waals surface area contributed by atoms with E-state index < -0.39 is 0 Å². The molecule has 1 aromatic heterocycles. The predicted octanol–water partition coefficient (Wildman–Crippen LogP) is 3.22. The number of hydrogen-bond acceptors (Lipinski definition) is 3. The van der Waals surface area contributed by atoms with Crippen molar-refractivity contribution in [2.75, 3.05) is 5.73 Å². The number of hydrogen-bond donors (Lipinski definition) is 1. The second kappa shape index (κ2) is 4.31. The third-order valence-electron chi connectivity index (χ3n) is 1.85. The number of aromatic nitrogens is 1. The number of nitrogens with zero attached hydrogens (tertiary/aromatic N) is 1. The van der Waals surface area contributed by atoms with Gasteiger partial charge in [0, 0.05) is 18.0 Å². The number of halogens is 1. The van der Waals surface area contributed by atoms with E-state index in [1.54, 1.807) is 18.3 Å². The van der Waals surface area contributed by atoms with Gasteiger partial charge in [-0.25, -0.2) is 4.98 Å². The molecule has 76 valence electrons. The lowest BCUT2D eigenvalue weighted by atomic mass is 10.3. The first kappa shape index (κ1) is 9.98. The van der Waals surface area contributed by atoms with E-state index in [9.17, 15) is 0 Å². The van der Waals surface area contributed by atoms with Gasteiger partial charge in [0.25, 0.3) is 0 Å². The Morgan fingerprint density at radius 3 is 2.73 bits per heavy atom. The highest BCUT2D eigenvalue weighted by molar-refractivity contribution is 9.10. The Morgan fingerprint density at radius 1 is 1.13 bits per heavy atom. The summed E-state index contributed by atoms with van der Waals surface area (Å²) in [7, 11) is 0. The monoisotopic (exact) mass is 264 g/mol. The fourth-order valence-electron chi connectivity index (χ4n) is 1.13. The first-order valence-electron chi connectivity index (χ1n) is 4.40. The van der Waals surface area contributed by atoms with Gasteiger partial charge in [-0.2, -0.15) is 0 Å². The van der Waals surface area contributed by atoms with E-state index in [0.717, 1.165) is 4.47 Å². The zero-order valence-electron chi connectivity index (χ0n) is 7.85. The largest absolute Gasteiger partial charge is 0.438 e. The van der Waals surface area contributed by atoms with Crippen molar-refractivity contribution in [1.29, 1.82) is 0 Å². The van der Waals surface area contributed by atoms with E-state index in [1.807, 2.05) is 24.3 Å². The summed E-state index contributed by atoms with van der Waals surface area (Å²) in [4.78, 5) is 4.06. The Labute approximate surface area is 96.0 Å². The molecule has 0 saturated carbocycles. The molecule has 3 nitrogen and oxygen atoms in total. The first-order chi connectivity index (χ1) is 7.27. The number of nitrogens with two attached hydrogens (primary N) is 1. The van der Waals surface area contributed by atoms with Crippen LogP contribution in [0.25, 0.3) is 0 Å². The molecule has 0 aliphatic rings. The molecule has 0 amide bonds. The molecule has 0 saturated heterocycles. The van der Waals surface area contributed by atoms with Gasteiger partial charge in [-0.15, -0.1) is 0 Å². The second-order valence-corrected chi connectivity index (χ2v) is 3.72. The third kappa shape index (κ3) is 2.27. The minimum Gasteiger partial charge on any atom is -0.438 e. The molecule has 0 atom stereocenters. The fraction of sp³-hybridized carbons (Fsp3) is 0. The quantitative estimate of drug-likeness (QED) is 0.848. The summed E-state index contributed by atoms with van der Waals surface area (Å²) in [5.74, 6) is 1.21. The maximum Gasteiger partial charge on any atom is 0.219 e. The highest BCUT2D eigenvalue weighted by Gasteiger charge is 2.05. The highest BCUT2D eigenvalue weighted by atomic mass is 79.9. The average molecular weight is 265 g/mol. The molecule has 0 aliphatic carbocycles. The molecule has 2 aromatic rings. The van der Waals surface area contributed by atoms with E-state index in [2.05, 4.69) is 20.9 Å². The maximum absolute atomic E-state index is 5.73. The molecule has 2 rings (SSSR count). The van der Waals surface area contributed by atoms with Crippen LogP contribution in [0.5, 0.6) is 11.6 Å². The molecule has 1 heterocycles. The van der Waals surface area contributed by atoms with Crippen molar-refractivity contribution in [2.24, 2.45) is 0 Å². The lowest BCUT2D eigenvalue weighted by Crippen LogP contribution is -1.91. The van der Waals surface area contributed by atoms with Gasteiger partial charge in [-0.05, 0) is 34.1 Å². The van der Waals surface area contributed by atoms with Gasteiger partial charge in [0.1, 0.15) is 5.75 Å². The van der Waals surface area contributed by atoms with Crippen LogP contribution in [0.3, 0.4) is 0 Å². The van der Waals surface area contributed by atoms with Crippen molar-refractivity contribution in [2.45, 2.75) is 0 Å². The van der Waals surface area contributed by atoms with Crippen molar-refractivity contribution >= 4 is 21.6 Å². The number of anilines is 1.